The summed E-state index contributed by atoms with van der Waals surface area (Å²) < 4.78 is 0. The van der Waals surface area contributed by atoms with Crippen molar-refractivity contribution in [1.82, 2.24) is 4.90 Å². The summed E-state index contributed by atoms with van der Waals surface area (Å²) in [5.41, 5.74) is 0. The molecule has 1 N–H and O–H groups in total. The Morgan fingerprint density at radius 3 is 2.50 bits per heavy atom. The van der Waals surface area contributed by atoms with Crippen LogP contribution in [-0.2, 0) is 9.59 Å². The average molecular weight is 189 g/mol. The summed E-state index contributed by atoms with van der Waals surface area (Å²) in [6, 6.07) is -0.637. The molecule has 0 saturated carbocycles. The molecule has 0 aliphatic carbocycles. The molecule has 1 aliphatic heterocycles. The third-order valence-corrected chi connectivity index (χ3v) is 3.09. The lowest BCUT2D eigenvalue weighted by Crippen LogP contribution is -2.43. The summed E-state index contributed by atoms with van der Waals surface area (Å²) in [5, 5.41) is 8.73. The molecule has 5 heteroatoms. The molecule has 1 saturated heterocycles. The Kier molecular flexibility index (Phi) is 2.62. The highest BCUT2D eigenvalue weighted by molar-refractivity contribution is 8.00. The first-order chi connectivity index (χ1) is 5.54. The van der Waals surface area contributed by atoms with Crippen molar-refractivity contribution in [3.8, 4) is 0 Å². The van der Waals surface area contributed by atoms with Crippen molar-refractivity contribution in [2.45, 2.75) is 25.3 Å². The molecule has 4 nitrogen and oxygen atoms in total. The lowest BCUT2D eigenvalue weighted by Gasteiger charge is -2.22. The van der Waals surface area contributed by atoms with Crippen LogP contribution in [0.15, 0.2) is 0 Å². The molecular formula is C7H11NO3S. The molecule has 2 atom stereocenters. The summed E-state index contributed by atoms with van der Waals surface area (Å²) in [5.74, 6) is -0.585. The topological polar surface area (TPSA) is 57.6 Å². The molecule has 0 aromatic rings. The number of hydrogen-bond donors (Lipinski definition) is 1. The van der Waals surface area contributed by atoms with E-state index in [1.165, 1.54) is 23.6 Å². The Bertz CT molecular complexity index is 219. The number of hydrogen-bond acceptors (Lipinski definition) is 3. The molecule has 68 valence electrons. The molecule has 0 aromatic carbocycles. The number of thioether (sulfide) groups is 1. The van der Waals surface area contributed by atoms with Gasteiger partial charge in [-0.25, -0.2) is 4.79 Å². The van der Waals surface area contributed by atoms with E-state index in [1.807, 2.05) is 6.92 Å². The van der Waals surface area contributed by atoms with Crippen LogP contribution < -0.4 is 0 Å². The van der Waals surface area contributed by atoms with Crippen molar-refractivity contribution in [2.75, 3.05) is 5.75 Å². The second-order valence-electron chi connectivity index (χ2n) is 2.71. The quantitative estimate of drug-likeness (QED) is 0.648. The predicted octanol–water partition coefficient (Wildman–Crippen LogP) is 0.381. The molecule has 0 unspecified atom stereocenters. The van der Waals surface area contributed by atoms with Gasteiger partial charge >= 0.3 is 5.97 Å². The Morgan fingerprint density at radius 1 is 1.58 bits per heavy atom. The van der Waals surface area contributed by atoms with Gasteiger partial charge < -0.3 is 10.0 Å². The van der Waals surface area contributed by atoms with Crippen LogP contribution in [0.4, 0.5) is 0 Å². The minimum atomic E-state index is -0.915. The van der Waals surface area contributed by atoms with E-state index in [9.17, 15) is 9.59 Å². The van der Waals surface area contributed by atoms with E-state index in [2.05, 4.69) is 0 Å². The molecule has 1 fully saturated rings. The van der Waals surface area contributed by atoms with Gasteiger partial charge in [0.1, 0.15) is 6.04 Å². The standard InChI is InChI=1S/C7H11NO3S/c1-4(9)8-5(2)12-3-6(8)7(10)11/h5-6H,3H2,1-2H3,(H,10,11)/t5-,6+/m1/s1. The number of carboxylic acid groups (broad SMARTS) is 1. The third-order valence-electron chi connectivity index (χ3n) is 1.87. The fourth-order valence-electron chi connectivity index (χ4n) is 1.31. The first kappa shape index (κ1) is 9.38. The lowest BCUT2D eigenvalue weighted by atomic mass is 10.3. The highest BCUT2D eigenvalue weighted by Gasteiger charge is 2.37. The summed E-state index contributed by atoms with van der Waals surface area (Å²) >= 11 is 1.49. The average Bonchev–Trinajstić information content (AvgIpc) is 2.30. The number of carbonyl (C=O) groups is 2. The van der Waals surface area contributed by atoms with Gasteiger partial charge in [0.15, 0.2) is 0 Å². The van der Waals surface area contributed by atoms with Crippen molar-refractivity contribution in [2.24, 2.45) is 0 Å². The molecule has 12 heavy (non-hydrogen) atoms. The van der Waals surface area contributed by atoms with Crippen molar-refractivity contribution in [1.29, 1.82) is 0 Å². The van der Waals surface area contributed by atoms with Crippen molar-refractivity contribution >= 4 is 23.6 Å². The van der Waals surface area contributed by atoms with Crippen LogP contribution >= 0.6 is 11.8 Å². The number of carboxylic acids is 1. The molecule has 1 rings (SSSR count). The zero-order valence-corrected chi connectivity index (χ0v) is 7.80. The minimum Gasteiger partial charge on any atom is -0.480 e. The minimum absolute atomic E-state index is 0.0106. The SMILES string of the molecule is CC(=O)N1[C@@H](C)SC[C@H]1C(=O)O. The maximum atomic E-state index is 11.0. The summed E-state index contributed by atoms with van der Waals surface area (Å²) in [6.07, 6.45) is 0. The van der Waals surface area contributed by atoms with Gasteiger partial charge in [0.2, 0.25) is 5.91 Å². The largest absolute Gasteiger partial charge is 0.480 e. The van der Waals surface area contributed by atoms with Crippen molar-refractivity contribution in [3.63, 3.8) is 0 Å². The van der Waals surface area contributed by atoms with Gasteiger partial charge in [0.25, 0.3) is 0 Å². The molecule has 1 amide bonds. The lowest BCUT2D eigenvalue weighted by molar-refractivity contribution is -0.148. The zero-order valence-electron chi connectivity index (χ0n) is 6.98. The Morgan fingerprint density at radius 2 is 2.17 bits per heavy atom. The van der Waals surface area contributed by atoms with Crippen molar-refractivity contribution < 1.29 is 14.7 Å². The zero-order chi connectivity index (χ0) is 9.30. The van der Waals surface area contributed by atoms with E-state index in [1.54, 1.807) is 0 Å². The highest BCUT2D eigenvalue weighted by Crippen LogP contribution is 2.28. The predicted molar refractivity (Wildman–Crippen MR) is 45.9 cm³/mol. The van der Waals surface area contributed by atoms with Crippen LogP contribution in [0.5, 0.6) is 0 Å². The third kappa shape index (κ3) is 1.55. The van der Waals surface area contributed by atoms with Gasteiger partial charge in [0, 0.05) is 12.7 Å². The Balaban J connectivity index is 2.77. The summed E-state index contributed by atoms with van der Waals surface area (Å²) in [4.78, 5) is 23.1. The van der Waals surface area contributed by atoms with Crippen LogP contribution in [0.2, 0.25) is 0 Å². The van der Waals surface area contributed by atoms with Gasteiger partial charge in [-0.3, -0.25) is 4.79 Å². The molecule has 0 radical (unpaired) electrons. The molecule has 0 aromatic heterocycles. The number of nitrogens with zero attached hydrogens (tertiary/aromatic N) is 1. The molecule has 0 spiro atoms. The fourth-order valence-corrected chi connectivity index (χ4v) is 2.53. The van der Waals surface area contributed by atoms with Crippen LogP contribution in [0, 0.1) is 0 Å². The monoisotopic (exact) mass is 189 g/mol. The maximum Gasteiger partial charge on any atom is 0.327 e. The number of rotatable bonds is 1. The smallest absolute Gasteiger partial charge is 0.327 e. The number of amides is 1. The highest BCUT2D eigenvalue weighted by atomic mass is 32.2. The van der Waals surface area contributed by atoms with E-state index in [-0.39, 0.29) is 11.3 Å². The normalized spacial score (nSPS) is 29.0. The van der Waals surface area contributed by atoms with Gasteiger partial charge in [-0.05, 0) is 6.92 Å². The first-order valence-corrected chi connectivity index (χ1v) is 4.72. The molecule has 0 bridgehead atoms. The van der Waals surface area contributed by atoms with Gasteiger partial charge in [-0.2, -0.15) is 0 Å². The van der Waals surface area contributed by atoms with Crippen LogP contribution in [-0.4, -0.2) is 39.1 Å². The van der Waals surface area contributed by atoms with Gasteiger partial charge in [0.05, 0.1) is 5.37 Å². The van der Waals surface area contributed by atoms with E-state index in [4.69, 9.17) is 5.11 Å². The van der Waals surface area contributed by atoms with E-state index >= 15 is 0 Å². The van der Waals surface area contributed by atoms with Crippen LogP contribution in [0.1, 0.15) is 13.8 Å². The van der Waals surface area contributed by atoms with Crippen molar-refractivity contribution in [3.05, 3.63) is 0 Å². The summed E-state index contributed by atoms with van der Waals surface area (Å²) in [7, 11) is 0. The fraction of sp³-hybridized carbons (Fsp3) is 0.714. The first-order valence-electron chi connectivity index (χ1n) is 3.67. The number of aliphatic carboxylic acids is 1. The van der Waals surface area contributed by atoms with E-state index in [0.717, 1.165) is 0 Å². The maximum absolute atomic E-state index is 11.0. The Labute approximate surface area is 74.9 Å². The Hall–Kier alpha value is -0.710. The van der Waals surface area contributed by atoms with Crippen LogP contribution in [0.25, 0.3) is 0 Å². The molecule has 1 aliphatic rings. The van der Waals surface area contributed by atoms with Gasteiger partial charge in [-0.1, -0.05) is 0 Å². The second-order valence-corrected chi connectivity index (χ2v) is 4.06. The molecular weight excluding hydrogens is 178 g/mol. The number of carbonyl (C=O) groups excluding carboxylic acids is 1. The molecule has 1 heterocycles. The van der Waals surface area contributed by atoms with Gasteiger partial charge in [-0.15, -0.1) is 11.8 Å². The van der Waals surface area contributed by atoms with E-state index < -0.39 is 12.0 Å². The summed E-state index contributed by atoms with van der Waals surface area (Å²) in [6.45, 7) is 3.24. The van der Waals surface area contributed by atoms with Crippen LogP contribution in [0.3, 0.4) is 0 Å². The van der Waals surface area contributed by atoms with E-state index in [0.29, 0.717) is 5.75 Å². The second kappa shape index (κ2) is 3.35.